The predicted octanol–water partition coefficient (Wildman–Crippen LogP) is 1.53. The fourth-order valence-corrected chi connectivity index (χ4v) is 1.98. The van der Waals surface area contributed by atoms with Gasteiger partial charge in [-0.3, -0.25) is 4.79 Å². The van der Waals surface area contributed by atoms with Gasteiger partial charge in [0.1, 0.15) is 5.82 Å². The molecule has 2 unspecified atom stereocenters. The monoisotopic (exact) mass is 252 g/mol. The van der Waals surface area contributed by atoms with Crippen LogP contribution in [-0.2, 0) is 9.53 Å². The summed E-state index contributed by atoms with van der Waals surface area (Å²) in [4.78, 5) is 11.6. The minimum atomic E-state index is -0.427. The lowest BCUT2D eigenvalue weighted by atomic mass is 10.1. The number of ether oxygens (including phenoxy) is 1. The van der Waals surface area contributed by atoms with E-state index in [-0.39, 0.29) is 30.3 Å². The zero-order valence-corrected chi connectivity index (χ0v) is 10.3. The van der Waals surface area contributed by atoms with E-state index in [4.69, 9.17) is 4.74 Å². The van der Waals surface area contributed by atoms with Crippen LogP contribution in [0.3, 0.4) is 0 Å². The Morgan fingerprint density at radius 2 is 2.28 bits per heavy atom. The summed E-state index contributed by atoms with van der Waals surface area (Å²) in [6, 6.07) is 6.31. The largest absolute Gasteiger partial charge is 0.377 e. The second-order valence-electron chi connectivity index (χ2n) is 4.38. The molecule has 0 bridgehead atoms. The van der Waals surface area contributed by atoms with E-state index in [0.717, 1.165) is 6.42 Å². The van der Waals surface area contributed by atoms with Gasteiger partial charge in [-0.25, -0.2) is 4.39 Å². The highest BCUT2D eigenvalue weighted by Gasteiger charge is 2.24. The lowest BCUT2D eigenvalue weighted by Crippen LogP contribution is -2.39. The predicted molar refractivity (Wildman–Crippen MR) is 66.9 cm³/mol. The molecule has 5 heteroatoms. The van der Waals surface area contributed by atoms with Crippen molar-refractivity contribution in [2.75, 3.05) is 18.5 Å². The van der Waals surface area contributed by atoms with Crippen LogP contribution in [-0.4, -0.2) is 31.2 Å². The molecule has 18 heavy (non-hydrogen) atoms. The number of amides is 1. The van der Waals surface area contributed by atoms with Gasteiger partial charge in [-0.1, -0.05) is 12.1 Å². The Morgan fingerprint density at radius 3 is 2.94 bits per heavy atom. The van der Waals surface area contributed by atoms with E-state index in [1.807, 2.05) is 6.92 Å². The van der Waals surface area contributed by atoms with E-state index >= 15 is 0 Å². The Kier molecular flexibility index (Phi) is 4.28. The smallest absolute Gasteiger partial charge is 0.238 e. The van der Waals surface area contributed by atoms with E-state index in [1.54, 1.807) is 12.1 Å². The summed E-state index contributed by atoms with van der Waals surface area (Å²) in [7, 11) is 0. The van der Waals surface area contributed by atoms with Gasteiger partial charge in [-0.05, 0) is 25.5 Å². The summed E-state index contributed by atoms with van der Waals surface area (Å²) in [5.41, 5.74) is 0.208. The van der Waals surface area contributed by atoms with Gasteiger partial charge in [0.15, 0.2) is 0 Å². The summed E-state index contributed by atoms with van der Waals surface area (Å²) >= 11 is 0. The Hall–Kier alpha value is -1.46. The molecule has 1 aromatic rings. The average Bonchev–Trinajstić information content (AvgIpc) is 2.75. The highest BCUT2D eigenvalue weighted by Crippen LogP contribution is 2.13. The number of carbonyl (C=O) groups excluding carboxylic acids is 1. The number of benzene rings is 1. The van der Waals surface area contributed by atoms with Crippen LogP contribution in [0.15, 0.2) is 24.3 Å². The highest BCUT2D eigenvalue weighted by molar-refractivity contribution is 5.92. The fraction of sp³-hybridized carbons (Fsp3) is 0.462. The second-order valence-corrected chi connectivity index (χ2v) is 4.38. The third kappa shape index (κ3) is 3.27. The van der Waals surface area contributed by atoms with E-state index in [9.17, 15) is 9.18 Å². The molecule has 2 N–H and O–H groups in total. The number of rotatable bonds is 4. The van der Waals surface area contributed by atoms with Gasteiger partial charge in [-0.2, -0.15) is 0 Å². The topological polar surface area (TPSA) is 50.4 Å². The van der Waals surface area contributed by atoms with Crippen LogP contribution in [0.25, 0.3) is 0 Å². The molecule has 1 aliphatic rings. The molecule has 0 spiro atoms. The number of carbonyl (C=O) groups is 1. The summed E-state index contributed by atoms with van der Waals surface area (Å²) in [6.07, 6.45) is 1.01. The van der Waals surface area contributed by atoms with Crippen LogP contribution in [0.1, 0.15) is 13.3 Å². The Balaban J connectivity index is 1.80. The molecule has 1 aliphatic heterocycles. The Bertz CT molecular complexity index is 425. The molecule has 1 saturated heterocycles. The number of hydrogen-bond acceptors (Lipinski definition) is 3. The molecule has 1 aromatic carbocycles. The minimum absolute atomic E-state index is 0.117. The third-order valence-electron chi connectivity index (χ3n) is 3.05. The molecule has 0 aliphatic carbocycles. The maximum atomic E-state index is 13.3. The third-order valence-corrected chi connectivity index (χ3v) is 3.05. The van der Waals surface area contributed by atoms with E-state index < -0.39 is 5.82 Å². The van der Waals surface area contributed by atoms with Crippen LogP contribution < -0.4 is 10.6 Å². The first-order chi connectivity index (χ1) is 8.66. The minimum Gasteiger partial charge on any atom is -0.377 e. The molecule has 98 valence electrons. The van der Waals surface area contributed by atoms with Crippen LogP contribution in [0.2, 0.25) is 0 Å². The van der Waals surface area contributed by atoms with E-state index in [0.29, 0.717) is 6.61 Å². The zero-order valence-electron chi connectivity index (χ0n) is 10.3. The fourth-order valence-electron chi connectivity index (χ4n) is 1.98. The molecule has 2 rings (SSSR count). The van der Waals surface area contributed by atoms with Gasteiger partial charge in [-0.15, -0.1) is 0 Å². The maximum absolute atomic E-state index is 13.3. The first-order valence-corrected chi connectivity index (χ1v) is 6.06. The number of halogens is 1. The van der Waals surface area contributed by atoms with Crippen LogP contribution in [0, 0.1) is 5.82 Å². The molecule has 4 nitrogen and oxygen atoms in total. The molecule has 1 amide bonds. The second kappa shape index (κ2) is 5.93. The Morgan fingerprint density at radius 1 is 1.50 bits per heavy atom. The normalized spacial score (nSPS) is 23.0. The van der Waals surface area contributed by atoms with Gasteiger partial charge < -0.3 is 15.4 Å². The van der Waals surface area contributed by atoms with Crippen molar-refractivity contribution in [3.63, 3.8) is 0 Å². The SMILES string of the molecule is CC1OCCC1NCC(=O)Nc1ccccc1F. The van der Waals surface area contributed by atoms with Crippen molar-refractivity contribution in [3.8, 4) is 0 Å². The first-order valence-electron chi connectivity index (χ1n) is 6.06. The van der Waals surface area contributed by atoms with Crippen LogP contribution in [0.5, 0.6) is 0 Å². The van der Waals surface area contributed by atoms with Gasteiger partial charge in [0.25, 0.3) is 0 Å². The van der Waals surface area contributed by atoms with Gasteiger partial charge in [0, 0.05) is 12.6 Å². The first kappa shape index (κ1) is 13.0. The summed E-state index contributed by atoms with van der Waals surface area (Å²) in [5, 5.41) is 5.64. The van der Waals surface area contributed by atoms with Crippen molar-refractivity contribution >= 4 is 11.6 Å². The van der Waals surface area contributed by atoms with E-state index in [1.165, 1.54) is 12.1 Å². The molecule has 0 aromatic heterocycles. The maximum Gasteiger partial charge on any atom is 0.238 e. The van der Waals surface area contributed by atoms with Crippen molar-refractivity contribution in [2.24, 2.45) is 0 Å². The lowest BCUT2D eigenvalue weighted by molar-refractivity contribution is -0.115. The van der Waals surface area contributed by atoms with Crippen LogP contribution in [0.4, 0.5) is 10.1 Å². The van der Waals surface area contributed by atoms with Crippen molar-refractivity contribution in [2.45, 2.75) is 25.5 Å². The van der Waals surface area contributed by atoms with Crippen LogP contribution >= 0.6 is 0 Å². The Labute approximate surface area is 106 Å². The molecule has 0 radical (unpaired) electrons. The number of nitrogens with one attached hydrogen (secondary N) is 2. The summed E-state index contributed by atoms with van der Waals surface area (Å²) in [5.74, 6) is -0.678. The lowest BCUT2D eigenvalue weighted by Gasteiger charge is -2.15. The zero-order chi connectivity index (χ0) is 13.0. The quantitative estimate of drug-likeness (QED) is 0.854. The highest BCUT2D eigenvalue weighted by atomic mass is 19.1. The molecule has 1 heterocycles. The number of anilines is 1. The van der Waals surface area contributed by atoms with Crippen molar-refractivity contribution in [1.82, 2.24) is 5.32 Å². The van der Waals surface area contributed by atoms with Crippen molar-refractivity contribution in [3.05, 3.63) is 30.1 Å². The molecule has 1 fully saturated rings. The van der Waals surface area contributed by atoms with Gasteiger partial charge in [0.05, 0.1) is 18.3 Å². The molecular weight excluding hydrogens is 235 g/mol. The molecular formula is C13H17FN2O2. The molecule has 0 saturated carbocycles. The van der Waals surface area contributed by atoms with Gasteiger partial charge >= 0.3 is 0 Å². The van der Waals surface area contributed by atoms with E-state index in [2.05, 4.69) is 10.6 Å². The summed E-state index contributed by atoms with van der Waals surface area (Å²) in [6.45, 7) is 2.85. The molecule has 2 atom stereocenters. The number of para-hydroxylation sites is 1. The van der Waals surface area contributed by atoms with Crippen molar-refractivity contribution in [1.29, 1.82) is 0 Å². The van der Waals surface area contributed by atoms with Crippen molar-refractivity contribution < 1.29 is 13.9 Å². The standard InChI is InChI=1S/C13H17FN2O2/c1-9-11(6-7-18-9)15-8-13(17)16-12-5-3-2-4-10(12)14/h2-5,9,11,15H,6-8H2,1H3,(H,16,17). The number of hydrogen-bond donors (Lipinski definition) is 2. The average molecular weight is 252 g/mol. The van der Waals surface area contributed by atoms with Gasteiger partial charge in [0.2, 0.25) is 5.91 Å². The summed E-state index contributed by atoms with van der Waals surface area (Å²) < 4.78 is 18.7.